The number of anilines is 1. The molecule has 21 heavy (non-hydrogen) atoms. The Morgan fingerprint density at radius 3 is 2.38 bits per heavy atom. The highest BCUT2D eigenvalue weighted by atomic mass is 16.5. The lowest BCUT2D eigenvalue weighted by molar-refractivity contribution is -0.116. The fourth-order valence-electron chi connectivity index (χ4n) is 2.24. The van der Waals surface area contributed by atoms with Crippen LogP contribution in [-0.4, -0.2) is 12.5 Å². The highest BCUT2D eigenvalue weighted by Crippen LogP contribution is 2.15. The summed E-state index contributed by atoms with van der Waals surface area (Å²) in [6.45, 7) is 6.42. The van der Waals surface area contributed by atoms with Crippen molar-refractivity contribution in [1.82, 2.24) is 0 Å². The van der Waals surface area contributed by atoms with Crippen LogP contribution in [0.2, 0.25) is 0 Å². The van der Waals surface area contributed by atoms with E-state index in [4.69, 9.17) is 4.74 Å². The fourth-order valence-corrected chi connectivity index (χ4v) is 2.24. The van der Waals surface area contributed by atoms with Crippen LogP contribution in [0.25, 0.3) is 0 Å². The highest BCUT2D eigenvalue weighted by Gasteiger charge is 2.04. The van der Waals surface area contributed by atoms with Crippen molar-refractivity contribution < 1.29 is 9.53 Å². The largest absolute Gasteiger partial charge is 0.493 e. The smallest absolute Gasteiger partial charge is 0.227 e. The van der Waals surface area contributed by atoms with Crippen molar-refractivity contribution in [2.45, 2.75) is 27.2 Å². The molecule has 0 spiro atoms. The van der Waals surface area contributed by atoms with Gasteiger partial charge < -0.3 is 10.1 Å². The molecule has 110 valence electrons. The molecular weight excluding hydrogens is 262 g/mol. The molecule has 2 aromatic carbocycles. The first kappa shape index (κ1) is 15.1. The van der Waals surface area contributed by atoms with Gasteiger partial charge in [-0.25, -0.2) is 0 Å². The molecule has 0 radical (unpaired) electrons. The van der Waals surface area contributed by atoms with E-state index in [1.165, 1.54) is 0 Å². The maximum atomic E-state index is 11.9. The number of ether oxygens (including phenoxy) is 1. The SMILES string of the molecule is Cc1cc(C)cc(NC(=O)CCOc2cccc(C)c2)c1. The van der Waals surface area contributed by atoms with Crippen LogP contribution in [0.15, 0.2) is 42.5 Å². The normalized spacial score (nSPS) is 10.2. The lowest BCUT2D eigenvalue weighted by atomic mass is 10.1. The van der Waals surface area contributed by atoms with Crippen molar-refractivity contribution in [3.63, 3.8) is 0 Å². The van der Waals surface area contributed by atoms with Crippen LogP contribution in [0, 0.1) is 20.8 Å². The van der Waals surface area contributed by atoms with E-state index in [9.17, 15) is 4.79 Å². The summed E-state index contributed by atoms with van der Waals surface area (Å²) in [6.07, 6.45) is 0.334. The molecule has 0 saturated carbocycles. The lowest BCUT2D eigenvalue weighted by Crippen LogP contribution is -2.15. The van der Waals surface area contributed by atoms with Crippen molar-refractivity contribution in [3.05, 3.63) is 59.2 Å². The quantitative estimate of drug-likeness (QED) is 0.900. The van der Waals surface area contributed by atoms with E-state index in [0.29, 0.717) is 13.0 Å². The molecule has 0 atom stereocenters. The van der Waals surface area contributed by atoms with Crippen molar-refractivity contribution in [3.8, 4) is 5.75 Å². The molecule has 1 amide bonds. The summed E-state index contributed by atoms with van der Waals surface area (Å²) in [4.78, 5) is 11.9. The predicted octanol–water partition coefficient (Wildman–Crippen LogP) is 4.02. The highest BCUT2D eigenvalue weighted by molar-refractivity contribution is 5.90. The van der Waals surface area contributed by atoms with Gasteiger partial charge in [0, 0.05) is 5.69 Å². The number of carbonyl (C=O) groups is 1. The molecule has 0 bridgehead atoms. The Bertz CT molecular complexity index is 615. The van der Waals surface area contributed by atoms with Gasteiger partial charge in [0.05, 0.1) is 13.0 Å². The summed E-state index contributed by atoms with van der Waals surface area (Å²) in [6, 6.07) is 13.8. The maximum Gasteiger partial charge on any atom is 0.227 e. The molecule has 0 aromatic heterocycles. The monoisotopic (exact) mass is 283 g/mol. The molecule has 0 fully saturated rings. The number of rotatable bonds is 5. The number of carbonyl (C=O) groups excluding carboxylic acids is 1. The summed E-state index contributed by atoms with van der Waals surface area (Å²) < 4.78 is 5.58. The van der Waals surface area contributed by atoms with Crippen molar-refractivity contribution in [2.75, 3.05) is 11.9 Å². The Morgan fingerprint density at radius 1 is 1.00 bits per heavy atom. The van der Waals surface area contributed by atoms with Crippen molar-refractivity contribution >= 4 is 11.6 Å². The van der Waals surface area contributed by atoms with Crippen LogP contribution in [0.4, 0.5) is 5.69 Å². The zero-order valence-electron chi connectivity index (χ0n) is 12.8. The average Bonchev–Trinajstić information content (AvgIpc) is 2.37. The summed E-state index contributed by atoms with van der Waals surface area (Å²) >= 11 is 0. The molecule has 0 heterocycles. The fraction of sp³-hybridized carbons (Fsp3) is 0.278. The Kier molecular flexibility index (Phi) is 4.99. The van der Waals surface area contributed by atoms with Crippen LogP contribution in [-0.2, 0) is 4.79 Å². The average molecular weight is 283 g/mol. The van der Waals surface area contributed by atoms with E-state index >= 15 is 0 Å². The zero-order valence-corrected chi connectivity index (χ0v) is 12.8. The summed E-state index contributed by atoms with van der Waals surface area (Å²) in [5.41, 5.74) is 4.27. The van der Waals surface area contributed by atoms with Gasteiger partial charge in [0.1, 0.15) is 5.75 Å². The number of hydrogen-bond donors (Lipinski definition) is 1. The zero-order chi connectivity index (χ0) is 15.2. The van der Waals surface area contributed by atoms with Crippen LogP contribution >= 0.6 is 0 Å². The van der Waals surface area contributed by atoms with E-state index in [1.54, 1.807) is 0 Å². The minimum absolute atomic E-state index is 0.0346. The third-order valence-corrected chi connectivity index (χ3v) is 3.09. The van der Waals surface area contributed by atoms with Crippen molar-refractivity contribution in [2.24, 2.45) is 0 Å². The second-order valence-electron chi connectivity index (χ2n) is 5.34. The van der Waals surface area contributed by atoms with E-state index in [0.717, 1.165) is 28.1 Å². The number of aryl methyl sites for hydroxylation is 3. The first-order valence-corrected chi connectivity index (χ1v) is 7.10. The van der Waals surface area contributed by atoms with E-state index in [2.05, 4.69) is 11.4 Å². The molecule has 1 N–H and O–H groups in total. The van der Waals surface area contributed by atoms with Gasteiger partial charge in [-0.3, -0.25) is 4.79 Å². The molecule has 0 aliphatic heterocycles. The van der Waals surface area contributed by atoms with Gasteiger partial charge in [0.25, 0.3) is 0 Å². The summed E-state index contributed by atoms with van der Waals surface area (Å²) in [5, 5.41) is 2.90. The number of hydrogen-bond acceptors (Lipinski definition) is 2. The van der Waals surface area contributed by atoms with Crippen molar-refractivity contribution in [1.29, 1.82) is 0 Å². The lowest BCUT2D eigenvalue weighted by Gasteiger charge is -2.09. The molecular formula is C18H21NO2. The van der Waals surface area contributed by atoms with Gasteiger partial charge in [0.15, 0.2) is 0 Å². The summed E-state index contributed by atoms with van der Waals surface area (Å²) in [7, 11) is 0. The molecule has 0 saturated heterocycles. The van der Waals surface area contributed by atoms with Gasteiger partial charge >= 0.3 is 0 Å². The van der Waals surface area contributed by atoms with E-state index < -0.39 is 0 Å². The molecule has 0 unspecified atom stereocenters. The van der Waals surface area contributed by atoms with Crippen LogP contribution in [0.3, 0.4) is 0 Å². The van der Waals surface area contributed by atoms with Crippen LogP contribution < -0.4 is 10.1 Å². The number of benzene rings is 2. The van der Waals surface area contributed by atoms with Gasteiger partial charge in [0.2, 0.25) is 5.91 Å². The third kappa shape index (κ3) is 4.95. The minimum Gasteiger partial charge on any atom is -0.493 e. The third-order valence-electron chi connectivity index (χ3n) is 3.09. The standard InChI is InChI=1S/C18H21NO2/c1-13-5-4-6-17(12-13)21-8-7-18(20)19-16-10-14(2)9-15(3)11-16/h4-6,9-12H,7-8H2,1-3H3,(H,19,20). The number of nitrogens with one attached hydrogen (secondary N) is 1. The molecule has 3 heteroatoms. The maximum absolute atomic E-state index is 11.9. The topological polar surface area (TPSA) is 38.3 Å². The Labute approximate surface area is 126 Å². The molecule has 2 aromatic rings. The van der Waals surface area contributed by atoms with E-state index in [-0.39, 0.29) is 5.91 Å². The Hall–Kier alpha value is -2.29. The number of amides is 1. The van der Waals surface area contributed by atoms with Crippen LogP contribution in [0.1, 0.15) is 23.1 Å². The second kappa shape index (κ2) is 6.93. The van der Waals surface area contributed by atoms with Gasteiger partial charge in [-0.05, 0) is 61.7 Å². The Morgan fingerprint density at radius 2 is 1.71 bits per heavy atom. The molecule has 2 rings (SSSR count). The van der Waals surface area contributed by atoms with Crippen LogP contribution in [0.5, 0.6) is 5.75 Å². The minimum atomic E-state index is -0.0346. The van der Waals surface area contributed by atoms with Gasteiger partial charge in [-0.1, -0.05) is 18.2 Å². The van der Waals surface area contributed by atoms with E-state index in [1.807, 2.05) is 57.2 Å². The van der Waals surface area contributed by atoms with Gasteiger partial charge in [-0.15, -0.1) is 0 Å². The molecule has 0 aliphatic rings. The van der Waals surface area contributed by atoms with Gasteiger partial charge in [-0.2, -0.15) is 0 Å². The summed E-state index contributed by atoms with van der Waals surface area (Å²) in [5.74, 6) is 0.766. The predicted molar refractivity (Wildman–Crippen MR) is 85.8 cm³/mol. The first-order chi connectivity index (χ1) is 10.0. The molecule has 3 nitrogen and oxygen atoms in total. The Balaban J connectivity index is 1.82. The first-order valence-electron chi connectivity index (χ1n) is 7.10. The second-order valence-corrected chi connectivity index (χ2v) is 5.34. The molecule has 0 aliphatic carbocycles.